The summed E-state index contributed by atoms with van der Waals surface area (Å²) in [5.74, 6) is 0.255. The van der Waals surface area contributed by atoms with E-state index in [1.807, 2.05) is 45.0 Å². The monoisotopic (exact) mass is 318 g/mol. The Labute approximate surface area is 137 Å². The average molecular weight is 318 g/mol. The van der Waals surface area contributed by atoms with Crippen molar-refractivity contribution in [3.8, 4) is 5.75 Å². The summed E-state index contributed by atoms with van der Waals surface area (Å²) in [5.41, 5.74) is 6.32. The maximum atomic E-state index is 12.6. The minimum absolute atomic E-state index is 0.0325. The van der Waals surface area contributed by atoms with Crippen LogP contribution in [0.3, 0.4) is 0 Å². The van der Waals surface area contributed by atoms with E-state index in [0.29, 0.717) is 13.0 Å². The van der Waals surface area contributed by atoms with E-state index in [1.54, 1.807) is 4.90 Å². The van der Waals surface area contributed by atoms with Crippen LogP contribution in [-0.4, -0.2) is 35.4 Å². The number of hydrogen-bond acceptors (Lipinski definition) is 3. The lowest BCUT2D eigenvalue weighted by Crippen LogP contribution is -2.49. The van der Waals surface area contributed by atoms with Crippen molar-refractivity contribution >= 4 is 11.8 Å². The maximum Gasteiger partial charge on any atom is 0.227 e. The van der Waals surface area contributed by atoms with E-state index in [-0.39, 0.29) is 29.9 Å². The van der Waals surface area contributed by atoms with Gasteiger partial charge in [-0.25, -0.2) is 0 Å². The van der Waals surface area contributed by atoms with E-state index in [9.17, 15) is 9.59 Å². The van der Waals surface area contributed by atoms with E-state index >= 15 is 0 Å². The zero-order chi connectivity index (χ0) is 17.0. The van der Waals surface area contributed by atoms with Gasteiger partial charge in [0.1, 0.15) is 5.75 Å². The Balaban J connectivity index is 2.04. The van der Waals surface area contributed by atoms with Crippen molar-refractivity contribution < 1.29 is 14.3 Å². The fourth-order valence-electron chi connectivity index (χ4n) is 2.96. The van der Waals surface area contributed by atoms with Crippen molar-refractivity contribution in [2.45, 2.75) is 52.2 Å². The molecule has 0 bridgehead atoms. The minimum atomic E-state index is -0.318. The molecule has 0 aliphatic carbocycles. The van der Waals surface area contributed by atoms with Gasteiger partial charge >= 0.3 is 0 Å². The molecule has 1 heterocycles. The van der Waals surface area contributed by atoms with Crippen molar-refractivity contribution in [3.05, 3.63) is 29.8 Å². The third kappa shape index (κ3) is 4.71. The maximum absolute atomic E-state index is 12.6. The Hall–Kier alpha value is -2.04. The molecular formula is C18H26N2O3. The molecule has 2 N–H and O–H groups in total. The van der Waals surface area contributed by atoms with Crippen LogP contribution in [0.4, 0.5) is 0 Å². The molecule has 5 heteroatoms. The first kappa shape index (κ1) is 17.3. The summed E-state index contributed by atoms with van der Waals surface area (Å²) in [6.45, 7) is 6.39. The second-order valence-electron chi connectivity index (χ2n) is 6.56. The molecule has 0 saturated carbocycles. The number of benzene rings is 1. The Morgan fingerprint density at radius 3 is 2.74 bits per heavy atom. The van der Waals surface area contributed by atoms with Gasteiger partial charge in [-0.2, -0.15) is 0 Å². The summed E-state index contributed by atoms with van der Waals surface area (Å²) in [6.07, 6.45) is 1.98. The Bertz CT molecular complexity index is 571. The molecule has 1 aliphatic heterocycles. The third-order valence-corrected chi connectivity index (χ3v) is 4.23. The number of rotatable bonds is 5. The van der Waals surface area contributed by atoms with Gasteiger partial charge in [-0.3, -0.25) is 9.59 Å². The van der Waals surface area contributed by atoms with Gasteiger partial charge in [0, 0.05) is 12.6 Å². The number of hydrogen-bond donors (Lipinski definition) is 1. The fourth-order valence-corrected chi connectivity index (χ4v) is 2.96. The highest BCUT2D eigenvalue weighted by atomic mass is 16.5. The fraction of sp³-hybridized carbons (Fsp3) is 0.556. The summed E-state index contributed by atoms with van der Waals surface area (Å²) in [4.78, 5) is 25.8. The van der Waals surface area contributed by atoms with Crippen molar-refractivity contribution in [1.82, 2.24) is 4.90 Å². The number of likely N-dealkylation sites (tertiary alicyclic amines) is 1. The second kappa shape index (κ2) is 7.49. The Morgan fingerprint density at radius 2 is 2.09 bits per heavy atom. The Morgan fingerprint density at radius 1 is 1.35 bits per heavy atom. The normalized spacial score (nSPS) is 21.3. The van der Waals surface area contributed by atoms with Crippen LogP contribution < -0.4 is 10.5 Å². The highest BCUT2D eigenvalue weighted by Gasteiger charge is 2.31. The molecule has 0 radical (unpaired) electrons. The molecule has 1 aromatic carbocycles. The third-order valence-electron chi connectivity index (χ3n) is 4.23. The van der Waals surface area contributed by atoms with Gasteiger partial charge in [-0.1, -0.05) is 12.1 Å². The number of carbonyl (C=O) groups excluding carboxylic acids is 2. The predicted molar refractivity (Wildman–Crippen MR) is 89.0 cm³/mol. The van der Waals surface area contributed by atoms with Crippen molar-refractivity contribution in [2.24, 2.45) is 11.7 Å². The number of carbonyl (C=O) groups is 2. The summed E-state index contributed by atoms with van der Waals surface area (Å²) in [5, 5.41) is 0. The van der Waals surface area contributed by atoms with Gasteiger partial charge in [-0.15, -0.1) is 0 Å². The standard InChI is InChI=1S/C18H26N2O3/c1-12(2)23-16-6-4-5-14(9-16)10-17(21)20-11-15(18(19)22)8-7-13(20)3/h4-6,9,12-13,15H,7-8,10-11H2,1-3H3,(H2,19,22)/t13-,15-/m1/s1. The van der Waals surface area contributed by atoms with E-state index in [4.69, 9.17) is 10.5 Å². The first-order valence-corrected chi connectivity index (χ1v) is 8.21. The lowest BCUT2D eigenvalue weighted by atomic mass is 9.92. The van der Waals surface area contributed by atoms with Crippen molar-refractivity contribution in [2.75, 3.05) is 6.54 Å². The first-order valence-electron chi connectivity index (χ1n) is 8.21. The topological polar surface area (TPSA) is 72.6 Å². The van der Waals surface area contributed by atoms with E-state index in [0.717, 1.165) is 24.2 Å². The van der Waals surface area contributed by atoms with Gasteiger partial charge in [-0.05, 0) is 51.3 Å². The summed E-state index contributed by atoms with van der Waals surface area (Å²) in [7, 11) is 0. The van der Waals surface area contributed by atoms with E-state index < -0.39 is 0 Å². The second-order valence-corrected chi connectivity index (χ2v) is 6.56. The molecular weight excluding hydrogens is 292 g/mol. The first-order chi connectivity index (χ1) is 10.9. The predicted octanol–water partition coefficient (Wildman–Crippen LogP) is 2.13. The molecule has 0 aromatic heterocycles. The van der Waals surface area contributed by atoms with Gasteiger partial charge in [0.15, 0.2) is 0 Å². The molecule has 1 saturated heterocycles. The molecule has 1 aromatic rings. The number of primary amides is 1. The summed E-state index contributed by atoms with van der Waals surface area (Å²) in [6, 6.07) is 7.75. The van der Waals surface area contributed by atoms with Crippen LogP contribution in [0.5, 0.6) is 5.75 Å². The summed E-state index contributed by atoms with van der Waals surface area (Å²) < 4.78 is 5.67. The molecule has 23 heavy (non-hydrogen) atoms. The van der Waals surface area contributed by atoms with Gasteiger partial charge < -0.3 is 15.4 Å². The van der Waals surface area contributed by atoms with Crippen LogP contribution in [0, 0.1) is 5.92 Å². The number of ether oxygens (including phenoxy) is 1. The van der Waals surface area contributed by atoms with Crippen LogP contribution in [0.2, 0.25) is 0 Å². The van der Waals surface area contributed by atoms with Crippen molar-refractivity contribution in [3.63, 3.8) is 0 Å². The van der Waals surface area contributed by atoms with E-state index in [2.05, 4.69) is 0 Å². The van der Waals surface area contributed by atoms with Crippen molar-refractivity contribution in [1.29, 1.82) is 0 Å². The highest BCUT2D eigenvalue weighted by molar-refractivity contribution is 5.81. The van der Waals surface area contributed by atoms with Crippen LogP contribution in [0.25, 0.3) is 0 Å². The largest absolute Gasteiger partial charge is 0.491 e. The van der Waals surface area contributed by atoms with Crippen LogP contribution in [-0.2, 0) is 16.0 Å². The lowest BCUT2D eigenvalue weighted by molar-refractivity contribution is -0.136. The molecule has 0 unspecified atom stereocenters. The average Bonchev–Trinajstić information content (AvgIpc) is 2.46. The minimum Gasteiger partial charge on any atom is -0.491 e. The smallest absolute Gasteiger partial charge is 0.227 e. The summed E-state index contributed by atoms with van der Waals surface area (Å²) >= 11 is 0. The zero-order valence-electron chi connectivity index (χ0n) is 14.1. The van der Waals surface area contributed by atoms with Crippen LogP contribution in [0.15, 0.2) is 24.3 Å². The molecule has 1 aliphatic rings. The van der Waals surface area contributed by atoms with Crippen LogP contribution >= 0.6 is 0 Å². The number of amides is 2. The molecule has 2 atom stereocenters. The van der Waals surface area contributed by atoms with E-state index in [1.165, 1.54) is 0 Å². The number of nitrogens with two attached hydrogens (primary N) is 1. The van der Waals surface area contributed by atoms with Gasteiger partial charge in [0.05, 0.1) is 18.4 Å². The number of nitrogens with zero attached hydrogens (tertiary/aromatic N) is 1. The lowest BCUT2D eigenvalue weighted by Gasteiger charge is -2.37. The molecule has 2 amide bonds. The molecule has 0 spiro atoms. The zero-order valence-corrected chi connectivity index (χ0v) is 14.1. The highest BCUT2D eigenvalue weighted by Crippen LogP contribution is 2.23. The molecule has 126 valence electrons. The quantitative estimate of drug-likeness (QED) is 0.904. The Kier molecular flexibility index (Phi) is 5.64. The number of piperidine rings is 1. The molecule has 2 rings (SSSR count). The van der Waals surface area contributed by atoms with Gasteiger partial charge in [0.2, 0.25) is 11.8 Å². The SMILES string of the molecule is CC(C)Oc1cccc(CC(=O)N2C[C@H](C(N)=O)CC[C@H]2C)c1. The molecule has 5 nitrogen and oxygen atoms in total. The van der Waals surface area contributed by atoms with Crippen LogP contribution in [0.1, 0.15) is 39.2 Å². The molecule has 1 fully saturated rings. The van der Waals surface area contributed by atoms with Gasteiger partial charge in [0.25, 0.3) is 0 Å².